The molecular formula is C24H29N3O6. The Morgan fingerprint density at radius 3 is 2.27 bits per heavy atom. The molecular weight excluding hydrogens is 426 g/mol. The molecule has 0 bridgehead atoms. The van der Waals surface area contributed by atoms with Crippen molar-refractivity contribution in [2.45, 2.75) is 46.3 Å². The van der Waals surface area contributed by atoms with Crippen molar-refractivity contribution in [3.05, 3.63) is 59.7 Å². The zero-order valence-corrected chi connectivity index (χ0v) is 19.2. The Labute approximate surface area is 192 Å². The van der Waals surface area contributed by atoms with Crippen molar-refractivity contribution in [2.75, 3.05) is 11.9 Å². The van der Waals surface area contributed by atoms with Crippen molar-refractivity contribution in [1.29, 1.82) is 0 Å². The summed E-state index contributed by atoms with van der Waals surface area (Å²) in [5, 5.41) is 8.07. The number of rotatable bonds is 8. The van der Waals surface area contributed by atoms with E-state index in [-0.39, 0.29) is 31.3 Å². The molecule has 0 aromatic heterocycles. The fourth-order valence-electron chi connectivity index (χ4n) is 2.67. The average Bonchev–Trinajstić information content (AvgIpc) is 2.71. The second-order valence-electron chi connectivity index (χ2n) is 8.23. The van der Waals surface area contributed by atoms with Crippen LogP contribution >= 0.6 is 0 Å². The van der Waals surface area contributed by atoms with Crippen LogP contribution in [0, 0.1) is 0 Å². The minimum atomic E-state index is -0.596. The van der Waals surface area contributed by atoms with Crippen molar-refractivity contribution >= 4 is 29.6 Å². The largest absolute Gasteiger partial charge is 0.444 e. The quantitative estimate of drug-likeness (QED) is 0.414. The molecule has 3 N–H and O–H groups in total. The Hall–Kier alpha value is -3.88. The fourth-order valence-corrected chi connectivity index (χ4v) is 2.67. The van der Waals surface area contributed by atoms with Crippen LogP contribution < -0.4 is 20.7 Å². The van der Waals surface area contributed by atoms with E-state index in [1.165, 1.54) is 13.0 Å². The van der Waals surface area contributed by atoms with Crippen LogP contribution in [0.2, 0.25) is 0 Å². The lowest BCUT2D eigenvalue weighted by atomic mass is 10.1. The average molecular weight is 456 g/mol. The highest BCUT2D eigenvalue weighted by molar-refractivity contribution is 5.94. The third-order valence-electron chi connectivity index (χ3n) is 4.07. The molecule has 9 nitrogen and oxygen atoms in total. The van der Waals surface area contributed by atoms with Crippen LogP contribution in [0.15, 0.2) is 48.5 Å². The van der Waals surface area contributed by atoms with Gasteiger partial charge < -0.3 is 25.4 Å². The molecule has 3 amide bonds. The van der Waals surface area contributed by atoms with E-state index in [0.717, 1.165) is 5.56 Å². The summed E-state index contributed by atoms with van der Waals surface area (Å²) in [5.41, 5.74) is 1.21. The molecule has 0 unspecified atom stereocenters. The van der Waals surface area contributed by atoms with Crippen LogP contribution in [0.1, 0.15) is 50.0 Å². The summed E-state index contributed by atoms with van der Waals surface area (Å²) in [4.78, 5) is 47.0. The summed E-state index contributed by atoms with van der Waals surface area (Å²) in [6.07, 6.45) is -0.469. The van der Waals surface area contributed by atoms with Gasteiger partial charge in [0.05, 0.1) is 0 Å². The van der Waals surface area contributed by atoms with Gasteiger partial charge in [-0.1, -0.05) is 18.2 Å². The number of carbonyl (C=O) groups is 4. The summed E-state index contributed by atoms with van der Waals surface area (Å²) in [7, 11) is 0. The lowest BCUT2D eigenvalue weighted by molar-refractivity contribution is -0.131. The molecule has 0 aliphatic rings. The number of amides is 3. The van der Waals surface area contributed by atoms with E-state index in [0.29, 0.717) is 17.0 Å². The molecule has 0 fully saturated rings. The number of benzene rings is 2. The van der Waals surface area contributed by atoms with Gasteiger partial charge in [0, 0.05) is 37.7 Å². The maximum Gasteiger partial charge on any atom is 0.407 e. The number of alkyl carbamates (subject to hydrolysis) is 1. The van der Waals surface area contributed by atoms with Crippen LogP contribution in [0.25, 0.3) is 0 Å². The standard InChI is InChI=1S/C24H29N3O6/c1-16(28)32-20-7-5-6-18(14-20)22(30)26-15-17-8-10-19(11-9-17)27-21(29)12-13-25-23(31)33-24(2,3)4/h5-11,14H,12-13,15H2,1-4H3,(H,25,31)(H,26,30)(H,27,29). The summed E-state index contributed by atoms with van der Waals surface area (Å²) in [5.74, 6) is -0.714. The smallest absolute Gasteiger partial charge is 0.407 e. The summed E-state index contributed by atoms with van der Waals surface area (Å²) in [6, 6.07) is 13.4. The van der Waals surface area contributed by atoms with Crippen molar-refractivity contribution in [3.63, 3.8) is 0 Å². The number of anilines is 1. The Morgan fingerprint density at radius 1 is 0.939 bits per heavy atom. The number of esters is 1. The normalized spacial score (nSPS) is 10.7. The van der Waals surface area contributed by atoms with E-state index in [2.05, 4.69) is 16.0 Å². The number of carbonyl (C=O) groups excluding carboxylic acids is 4. The maximum atomic E-state index is 12.3. The minimum Gasteiger partial charge on any atom is -0.444 e. The van der Waals surface area contributed by atoms with Gasteiger partial charge in [0.25, 0.3) is 5.91 Å². The van der Waals surface area contributed by atoms with E-state index in [9.17, 15) is 19.2 Å². The molecule has 0 saturated heterocycles. The second kappa shape index (κ2) is 11.7. The van der Waals surface area contributed by atoms with Gasteiger partial charge in [-0.05, 0) is 56.7 Å². The van der Waals surface area contributed by atoms with Crippen LogP contribution in [0.4, 0.5) is 10.5 Å². The van der Waals surface area contributed by atoms with E-state index in [1.807, 2.05) is 0 Å². The summed E-state index contributed by atoms with van der Waals surface area (Å²) in [6.45, 7) is 7.01. The lowest BCUT2D eigenvalue weighted by Gasteiger charge is -2.19. The van der Waals surface area contributed by atoms with Crippen molar-refractivity contribution in [2.24, 2.45) is 0 Å². The molecule has 176 valence electrons. The molecule has 2 aromatic rings. The molecule has 0 spiro atoms. The summed E-state index contributed by atoms with van der Waals surface area (Å²) >= 11 is 0. The number of hydrogen-bond donors (Lipinski definition) is 3. The van der Waals surface area contributed by atoms with Gasteiger partial charge in [-0.15, -0.1) is 0 Å². The SMILES string of the molecule is CC(=O)Oc1cccc(C(=O)NCc2ccc(NC(=O)CCNC(=O)OC(C)(C)C)cc2)c1. The molecule has 33 heavy (non-hydrogen) atoms. The number of nitrogens with one attached hydrogen (secondary N) is 3. The van der Waals surface area contributed by atoms with Crippen molar-refractivity contribution in [3.8, 4) is 5.75 Å². The molecule has 2 rings (SSSR count). The van der Waals surface area contributed by atoms with Gasteiger partial charge in [0.15, 0.2) is 0 Å². The maximum absolute atomic E-state index is 12.3. The number of ether oxygens (including phenoxy) is 2. The van der Waals surface area contributed by atoms with E-state index >= 15 is 0 Å². The molecule has 0 aliphatic carbocycles. The predicted molar refractivity (Wildman–Crippen MR) is 123 cm³/mol. The van der Waals surface area contributed by atoms with Crippen LogP contribution in [0.3, 0.4) is 0 Å². The predicted octanol–water partition coefficient (Wildman–Crippen LogP) is 3.40. The Morgan fingerprint density at radius 2 is 1.64 bits per heavy atom. The minimum absolute atomic E-state index is 0.101. The van der Waals surface area contributed by atoms with Crippen molar-refractivity contribution < 1.29 is 28.7 Å². The third-order valence-corrected chi connectivity index (χ3v) is 4.07. The molecule has 0 atom stereocenters. The molecule has 9 heteroatoms. The second-order valence-corrected chi connectivity index (χ2v) is 8.23. The molecule has 0 radical (unpaired) electrons. The lowest BCUT2D eigenvalue weighted by Crippen LogP contribution is -2.34. The highest BCUT2D eigenvalue weighted by Gasteiger charge is 2.16. The molecule has 2 aromatic carbocycles. The van der Waals surface area contributed by atoms with Gasteiger partial charge in [-0.2, -0.15) is 0 Å². The van der Waals surface area contributed by atoms with Gasteiger partial charge in [-0.25, -0.2) is 4.79 Å². The highest BCUT2D eigenvalue weighted by Crippen LogP contribution is 2.14. The van der Waals surface area contributed by atoms with Gasteiger partial charge in [0.1, 0.15) is 11.4 Å². The van der Waals surface area contributed by atoms with Crippen LogP contribution in [-0.4, -0.2) is 36.0 Å². The third kappa shape index (κ3) is 9.86. The Kier molecular flexibility index (Phi) is 8.97. The van der Waals surface area contributed by atoms with Crippen molar-refractivity contribution in [1.82, 2.24) is 10.6 Å². The molecule has 0 heterocycles. The molecule has 0 saturated carbocycles. The zero-order chi connectivity index (χ0) is 24.4. The van der Waals surface area contributed by atoms with Gasteiger partial charge in [-0.3, -0.25) is 14.4 Å². The Balaban J connectivity index is 1.77. The van der Waals surface area contributed by atoms with Gasteiger partial charge in [0.2, 0.25) is 5.91 Å². The zero-order valence-electron chi connectivity index (χ0n) is 19.2. The van der Waals surface area contributed by atoms with Gasteiger partial charge >= 0.3 is 12.1 Å². The Bertz CT molecular complexity index is 996. The van der Waals surface area contributed by atoms with Crippen LogP contribution in [0.5, 0.6) is 5.75 Å². The van der Waals surface area contributed by atoms with E-state index in [4.69, 9.17) is 9.47 Å². The summed E-state index contributed by atoms with van der Waals surface area (Å²) < 4.78 is 10.1. The molecule has 0 aliphatic heterocycles. The number of hydrogen-bond acceptors (Lipinski definition) is 6. The first kappa shape index (κ1) is 25.4. The van der Waals surface area contributed by atoms with E-state index in [1.54, 1.807) is 63.2 Å². The topological polar surface area (TPSA) is 123 Å². The highest BCUT2D eigenvalue weighted by atomic mass is 16.6. The first-order valence-electron chi connectivity index (χ1n) is 10.4. The van der Waals surface area contributed by atoms with E-state index < -0.39 is 17.7 Å². The monoisotopic (exact) mass is 455 g/mol. The fraction of sp³-hybridized carbons (Fsp3) is 0.333. The van der Waals surface area contributed by atoms with Crippen LogP contribution in [-0.2, 0) is 20.9 Å². The first-order valence-corrected chi connectivity index (χ1v) is 10.4. The first-order chi connectivity index (χ1) is 15.5.